The molecule has 14 heavy (non-hydrogen) atoms. The van der Waals surface area contributed by atoms with Gasteiger partial charge in [0.05, 0.1) is 6.07 Å². The normalized spacial score (nSPS) is 14.6. The van der Waals surface area contributed by atoms with Crippen molar-refractivity contribution in [2.24, 2.45) is 0 Å². The van der Waals surface area contributed by atoms with Gasteiger partial charge in [0.25, 0.3) is 0 Å². The Balaban J connectivity index is 2.31. The van der Waals surface area contributed by atoms with Crippen LogP contribution in [0, 0.1) is 11.3 Å². The lowest BCUT2D eigenvalue weighted by Gasteiger charge is -2.20. The summed E-state index contributed by atoms with van der Waals surface area (Å²) >= 11 is 0. The van der Waals surface area contributed by atoms with Crippen molar-refractivity contribution >= 4 is 0 Å². The Morgan fingerprint density at radius 3 is 2.93 bits per heavy atom. The largest absolute Gasteiger partial charge is 0.303 e. The molecule has 4 nitrogen and oxygen atoms in total. The lowest BCUT2D eigenvalue weighted by Crippen LogP contribution is -2.38. The molecule has 76 valence electrons. The summed E-state index contributed by atoms with van der Waals surface area (Å²) in [5.74, 6) is 0. The highest BCUT2D eigenvalue weighted by molar-refractivity contribution is 5.02. The quantitative estimate of drug-likeness (QED) is 0.761. The van der Waals surface area contributed by atoms with E-state index >= 15 is 0 Å². The Kier molecular flexibility index (Phi) is 3.66. The van der Waals surface area contributed by atoms with Gasteiger partial charge in [0.1, 0.15) is 5.54 Å². The number of aryl methyl sites for hydroxylation is 1. The van der Waals surface area contributed by atoms with Gasteiger partial charge in [-0.2, -0.15) is 10.4 Å². The number of nitrogens with one attached hydrogen (secondary N) is 1. The molecule has 0 radical (unpaired) electrons. The minimum atomic E-state index is -0.410. The number of nitrogens with zero attached hydrogens (tertiary/aromatic N) is 3. The second-order valence-electron chi connectivity index (χ2n) is 3.57. The number of hydrogen-bond acceptors (Lipinski definition) is 3. The van der Waals surface area contributed by atoms with Gasteiger partial charge in [-0.05, 0) is 32.9 Å². The predicted molar refractivity (Wildman–Crippen MR) is 54.5 cm³/mol. The van der Waals surface area contributed by atoms with Crippen LogP contribution in [0.3, 0.4) is 0 Å². The van der Waals surface area contributed by atoms with Crippen LogP contribution in [0.1, 0.15) is 19.8 Å². The zero-order valence-corrected chi connectivity index (χ0v) is 8.70. The van der Waals surface area contributed by atoms with Crippen LogP contribution >= 0.6 is 0 Å². The van der Waals surface area contributed by atoms with Crippen molar-refractivity contribution in [3.63, 3.8) is 0 Å². The van der Waals surface area contributed by atoms with Gasteiger partial charge in [0, 0.05) is 18.9 Å². The minimum absolute atomic E-state index is 0.410. The molecule has 0 saturated heterocycles. The van der Waals surface area contributed by atoms with Crippen molar-refractivity contribution in [1.29, 1.82) is 5.26 Å². The van der Waals surface area contributed by atoms with Crippen LogP contribution in [0.4, 0.5) is 0 Å². The van der Waals surface area contributed by atoms with Gasteiger partial charge < -0.3 is 5.32 Å². The topological polar surface area (TPSA) is 53.6 Å². The third-order valence-electron chi connectivity index (χ3n) is 2.42. The maximum atomic E-state index is 8.91. The fourth-order valence-electron chi connectivity index (χ4n) is 1.26. The van der Waals surface area contributed by atoms with E-state index in [2.05, 4.69) is 16.5 Å². The second kappa shape index (κ2) is 4.77. The molecule has 0 aliphatic rings. The van der Waals surface area contributed by atoms with E-state index < -0.39 is 5.54 Å². The highest BCUT2D eigenvalue weighted by Crippen LogP contribution is 2.10. The van der Waals surface area contributed by atoms with Crippen molar-refractivity contribution < 1.29 is 0 Å². The maximum absolute atomic E-state index is 8.91. The smallest absolute Gasteiger partial charge is 0.103 e. The molecular weight excluding hydrogens is 176 g/mol. The van der Waals surface area contributed by atoms with Gasteiger partial charge in [-0.3, -0.25) is 4.68 Å². The van der Waals surface area contributed by atoms with Gasteiger partial charge in [-0.1, -0.05) is 0 Å². The summed E-state index contributed by atoms with van der Waals surface area (Å²) in [4.78, 5) is 0. The fourth-order valence-corrected chi connectivity index (χ4v) is 1.26. The summed E-state index contributed by atoms with van der Waals surface area (Å²) in [6, 6.07) is 4.17. The second-order valence-corrected chi connectivity index (χ2v) is 3.57. The minimum Gasteiger partial charge on any atom is -0.303 e. The van der Waals surface area contributed by atoms with E-state index in [1.165, 1.54) is 0 Å². The first kappa shape index (κ1) is 10.7. The molecule has 1 aromatic rings. The van der Waals surface area contributed by atoms with Gasteiger partial charge >= 0.3 is 0 Å². The van der Waals surface area contributed by atoms with Crippen molar-refractivity contribution in [3.05, 3.63) is 18.5 Å². The summed E-state index contributed by atoms with van der Waals surface area (Å²) in [6.45, 7) is 2.78. The number of rotatable bonds is 5. The van der Waals surface area contributed by atoms with E-state index in [0.29, 0.717) is 0 Å². The monoisotopic (exact) mass is 192 g/mol. The van der Waals surface area contributed by atoms with E-state index in [0.717, 1.165) is 19.4 Å². The van der Waals surface area contributed by atoms with Crippen LogP contribution in [-0.2, 0) is 6.54 Å². The molecule has 0 aliphatic heterocycles. The average Bonchev–Trinajstić information content (AvgIpc) is 2.70. The van der Waals surface area contributed by atoms with Gasteiger partial charge in [-0.25, -0.2) is 0 Å². The molecule has 1 N–H and O–H groups in total. The predicted octanol–water partition coefficient (Wildman–Crippen LogP) is 1.16. The van der Waals surface area contributed by atoms with E-state index in [9.17, 15) is 0 Å². The molecule has 1 atom stereocenters. The number of nitriles is 1. The maximum Gasteiger partial charge on any atom is 0.103 e. The third-order valence-corrected chi connectivity index (χ3v) is 2.42. The number of hydrogen-bond donors (Lipinski definition) is 1. The van der Waals surface area contributed by atoms with E-state index in [1.54, 1.807) is 6.20 Å². The summed E-state index contributed by atoms with van der Waals surface area (Å²) in [6.07, 6.45) is 5.48. The lowest BCUT2D eigenvalue weighted by molar-refractivity contribution is 0.415. The molecule has 4 heteroatoms. The SMILES string of the molecule is CNC(C)(C#N)CCCn1cccn1. The lowest BCUT2D eigenvalue weighted by atomic mass is 9.98. The molecular formula is C10H16N4. The summed E-state index contributed by atoms with van der Waals surface area (Å²) in [7, 11) is 1.82. The Bertz CT molecular complexity index is 298. The molecule has 1 heterocycles. The highest BCUT2D eigenvalue weighted by Gasteiger charge is 2.19. The average molecular weight is 192 g/mol. The van der Waals surface area contributed by atoms with Gasteiger partial charge in [0.15, 0.2) is 0 Å². The van der Waals surface area contributed by atoms with Gasteiger partial charge in [-0.15, -0.1) is 0 Å². The van der Waals surface area contributed by atoms with Crippen LogP contribution in [-0.4, -0.2) is 22.4 Å². The molecule has 1 aromatic heterocycles. The molecule has 0 fully saturated rings. The van der Waals surface area contributed by atoms with Crippen LogP contribution < -0.4 is 5.32 Å². The molecule has 0 saturated carbocycles. The molecule has 0 spiro atoms. The van der Waals surface area contributed by atoms with Crippen molar-refractivity contribution in [2.75, 3.05) is 7.05 Å². The van der Waals surface area contributed by atoms with Crippen LogP contribution in [0.25, 0.3) is 0 Å². The van der Waals surface area contributed by atoms with Crippen LogP contribution in [0.15, 0.2) is 18.5 Å². The van der Waals surface area contributed by atoms with Crippen molar-refractivity contribution in [2.45, 2.75) is 31.8 Å². The third kappa shape index (κ3) is 2.86. The van der Waals surface area contributed by atoms with Gasteiger partial charge in [0.2, 0.25) is 0 Å². The summed E-state index contributed by atoms with van der Waals surface area (Å²) in [5.41, 5.74) is -0.410. The molecule has 0 amide bonds. The van der Waals surface area contributed by atoms with E-state index in [1.807, 2.05) is 30.9 Å². The Morgan fingerprint density at radius 1 is 1.64 bits per heavy atom. The number of aromatic nitrogens is 2. The van der Waals surface area contributed by atoms with Crippen molar-refractivity contribution in [3.8, 4) is 6.07 Å². The summed E-state index contributed by atoms with van der Waals surface area (Å²) in [5, 5.41) is 16.0. The van der Waals surface area contributed by atoms with Crippen LogP contribution in [0.5, 0.6) is 0 Å². The van der Waals surface area contributed by atoms with Crippen molar-refractivity contribution in [1.82, 2.24) is 15.1 Å². The first-order chi connectivity index (χ1) is 6.70. The molecule has 1 rings (SSSR count). The zero-order valence-electron chi connectivity index (χ0n) is 8.70. The molecule has 0 bridgehead atoms. The fraction of sp³-hybridized carbons (Fsp3) is 0.600. The zero-order chi connectivity index (χ0) is 10.4. The molecule has 1 unspecified atom stereocenters. The van der Waals surface area contributed by atoms with Crippen LogP contribution in [0.2, 0.25) is 0 Å². The first-order valence-electron chi connectivity index (χ1n) is 4.78. The van der Waals surface area contributed by atoms with E-state index in [4.69, 9.17) is 5.26 Å². The molecule has 0 aliphatic carbocycles. The van der Waals surface area contributed by atoms with E-state index in [-0.39, 0.29) is 0 Å². The summed E-state index contributed by atoms with van der Waals surface area (Å²) < 4.78 is 1.88. The Labute approximate surface area is 84.5 Å². The highest BCUT2D eigenvalue weighted by atomic mass is 15.3. The Morgan fingerprint density at radius 2 is 2.43 bits per heavy atom. The first-order valence-corrected chi connectivity index (χ1v) is 4.78. The Hall–Kier alpha value is -1.34. The standard InChI is InChI=1S/C10H16N4/c1-10(9-11,12-2)5-3-7-14-8-4-6-13-14/h4,6,8,12H,3,5,7H2,1-2H3. The molecule has 0 aromatic carbocycles.